The van der Waals surface area contributed by atoms with Gasteiger partial charge in [0, 0.05) is 36.0 Å². The van der Waals surface area contributed by atoms with Crippen LogP contribution in [0.1, 0.15) is 35.6 Å². The molecular formula is C35H35BrN2O6S. The summed E-state index contributed by atoms with van der Waals surface area (Å²) in [7, 11) is -3.74. The number of benzene rings is 4. The van der Waals surface area contributed by atoms with Crippen molar-refractivity contribution in [2.75, 3.05) is 25.5 Å². The lowest BCUT2D eigenvalue weighted by Gasteiger charge is -2.30. The van der Waals surface area contributed by atoms with Gasteiger partial charge in [0.05, 0.1) is 17.3 Å². The number of ether oxygens (including phenoxy) is 2. The third kappa shape index (κ3) is 8.00. The first-order valence-electron chi connectivity index (χ1n) is 14.8. The zero-order valence-electron chi connectivity index (χ0n) is 24.6. The topological polar surface area (TPSA) is 114 Å². The second-order valence-corrected chi connectivity index (χ2v) is 13.7. The summed E-state index contributed by atoms with van der Waals surface area (Å²) in [5.41, 5.74) is 0.822. The third-order valence-electron chi connectivity index (χ3n) is 7.60. The zero-order chi connectivity index (χ0) is 31.7. The smallest absolute Gasteiger partial charge is 0.252 e. The fourth-order valence-corrected chi connectivity index (χ4v) is 6.81. The monoisotopic (exact) mass is 690 g/mol. The number of sulfone groups is 1. The fourth-order valence-electron chi connectivity index (χ4n) is 5.16. The van der Waals surface area contributed by atoms with Crippen molar-refractivity contribution < 1.29 is 27.8 Å². The van der Waals surface area contributed by atoms with Gasteiger partial charge in [0.15, 0.2) is 21.5 Å². The molecule has 1 heterocycles. The van der Waals surface area contributed by atoms with Gasteiger partial charge in [0.2, 0.25) is 5.90 Å². The van der Waals surface area contributed by atoms with Crippen LogP contribution >= 0.6 is 15.9 Å². The maximum atomic E-state index is 14.3. The van der Waals surface area contributed by atoms with E-state index in [2.05, 4.69) is 21.2 Å². The van der Waals surface area contributed by atoms with Gasteiger partial charge in [0.1, 0.15) is 5.75 Å². The average Bonchev–Trinajstić information content (AvgIpc) is 3.47. The summed E-state index contributed by atoms with van der Waals surface area (Å²) in [5, 5.41) is 12.1. The minimum absolute atomic E-state index is 0.0386. The van der Waals surface area contributed by atoms with Gasteiger partial charge in [-0.3, -0.25) is 4.79 Å². The van der Waals surface area contributed by atoms with Crippen molar-refractivity contribution in [2.24, 2.45) is 4.99 Å². The summed E-state index contributed by atoms with van der Waals surface area (Å²) in [6.07, 6.45) is 0.136. The van der Waals surface area contributed by atoms with Crippen LogP contribution in [0.5, 0.6) is 5.75 Å². The van der Waals surface area contributed by atoms with Crippen LogP contribution in [0.3, 0.4) is 0 Å². The first kappa shape index (κ1) is 32.4. The van der Waals surface area contributed by atoms with E-state index in [0.717, 1.165) is 10.0 Å². The molecule has 0 saturated heterocycles. The Balaban J connectivity index is 1.49. The molecule has 1 amide bonds. The summed E-state index contributed by atoms with van der Waals surface area (Å²) >= 11 is 3.45. The van der Waals surface area contributed by atoms with E-state index in [1.54, 1.807) is 54.6 Å². The van der Waals surface area contributed by atoms with Gasteiger partial charge in [-0.1, -0.05) is 76.6 Å². The van der Waals surface area contributed by atoms with Crippen LogP contribution in [0.15, 0.2) is 124 Å². The molecule has 45 heavy (non-hydrogen) atoms. The molecule has 8 nitrogen and oxygen atoms in total. The van der Waals surface area contributed by atoms with Gasteiger partial charge in [0.25, 0.3) is 5.91 Å². The number of halogens is 1. The molecule has 10 heteroatoms. The number of carbonyl (C=O) groups excluding carboxylic acids is 1. The first-order chi connectivity index (χ1) is 21.8. The largest absolute Gasteiger partial charge is 0.494 e. The quantitative estimate of drug-likeness (QED) is 0.164. The molecule has 5 rings (SSSR count). The number of rotatable bonds is 14. The highest BCUT2D eigenvalue weighted by Crippen LogP contribution is 2.43. The molecular weight excluding hydrogens is 656 g/mol. The SMILES string of the molecule is O=C(NCCc1ccc(Br)cc1)[C@]1(CCS(=O)(=O)c2ccccc2)N=C(c2ccc(OCCCO)cc2)O[C@@H]1c1ccccc1. The maximum absolute atomic E-state index is 14.3. The van der Waals surface area contributed by atoms with Crippen molar-refractivity contribution in [3.05, 3.63) is 130 Å². The van der Waals surface area contributed by atoms with Gasteiger partial charge < -0.3 is 19.9 Å². The van der Waals surface area contributed by atoms with Crippen molar-refractivity contribution in [2.45, 2.75) is 35.8 Å². The zero-order valence-corrected chi connectivity index (χ0v) is 27.0. The van der Waals surface area contributed by atoms with E-state index in [4.69, 9.17) is 19.6 Å². The van der Waals surface area contributed by atoms with E-state index in [9.17, 15) is 13.2 Å². The van der Waals surface area contributed by atoms with Crippen molar-refractivity contribution in [1.82, 2.24) is 5.32 Å². The lowest BCUT2D eigenvalue weighted by atomic mass is 9.85. The van der Waals surface area contributed by atoms with Crippen molar-refractivity contribution in [3.8, 4) is 5.75 Å². The molecule has 0 fully saturated rings. The van der Waals surface area contributed by atoms with Crippen molar-refractivity contribution in [1.29, 1.82) is 0 Å². The number of amides is 1. The normalized spacial score (nSPS) is 17.7. The molecule has 0 radical (unpaired) electrons. The minimum Gasteiger partial charge on any atom is -0.494 e. The molecule has 2 atom stereocenters. The predicted molar refractivity (Wildman–Crippen MR) is 177 cm³/mol. The number of hydrogen-bond donors (Lipinski definition) is 2. The predicted octanol–water partition coefficient (Wildman–Crippen LogP) is 5.69. The van der Waals surface area contributed by atoms with Crippen LogP contribution in [0.2, 0.25) is 0 Å². The van der Waals surface area contributed by atoms with E-state index in [-0.39, 0.29) is 29.6 Å². The van der Waals surface area contributed by atoms with E-state index in [0.29, 0.717) is 42.9 Å². The van der Waals surface area contributed by atoms with Crippen LogP contribution in [-0.2, 0) is 25.8 Å². The summed E-state index contributed by atoms with van der Waals surface area (Å²) < 4.78 is 40.0. The average molecular weight is 692 g/mol. The Labute approximate surface area is 272 Å². The van der Waals surface area contributed by atoms with E-state index >= 15 is 0 Å². The second kappa shape index (κ2) is 14.9. The van der Waals surface area contributed by atoms with E-state index in [1.165, 1.54) is 0 Å². The molecule has 1 aliphatic heterocycles. The Hall–Kier alpha value is -3.99. The van der Waals surface area contributed by atoms with Crippen LogP contribution in [0.25, 0.3) is 0 Å². The standard InChI is InChI=1S/C35H35BrN2O6S/c36-29-16-12-26(13-17-29)20-22-37-34(40)35(21-25-45(41,42)31-10-5-2-6-11-31)32(27-8-3-1-4-9-27)44-33(38-35)28-14-18-30(19-15-28)43-24-7-23-39/h1-6,8-19,32,39H,7,20-25H2,(H,37,40)/t32-,35-/m1/s1. The number of aliphatic imine (C=N–C) groups is 1. The number of aliphatic hydroxyl groups excluding tert-OH is 1. The van der Waals surface area contributed by atoms with Crippen molar-refractivity contribution in [3.63, 3.8) is 0 Å². The van der Waals surface area contributed by atoms with Crippen LogP contribution in [0, 0.1) is 0 Å². The van der Waals surface area contributed by atoms with Crippen LogP contribution in [-0.4, -0.2) is 56.4 Å². The van der Waals surface area contributed by atoms with E-state index < -0.39 is 27.4 Å². The number of hydrogen-bond acceptors (Lipinski definition) is 7. The molecule has 0 unspecified atom stereocenters. The summed E-state index contributed by atoms with van der Waals surface area (Å²) in [4.78, 5) is 19.4. The number of carbonyl (C=O) groups is 1. The Bertz CT molecular complexity index is 1700. The van der Waals surface area contributed by atoms with Gasteiger partial charge in [-0.15, -0.1) is 0 Å². The van der Waals surface area contributed by atoms with Gasteiger partial charge >= 0.3 is 0 Å². The summed E-state index contributed by atoms with van der Waals surface area (Å²) in [6, 6.07) is 32.5. The van der Waals surface area contributed by atoms with Crippen molar-refractivity contribution >= 4 is 37.6 Å². The Morgan fingerprint density at radius 3 is 2.27 bits per heavy atom. The Morgan fingerprint density at radius 2 is 1.60 bits per heavy atom. The van der Waals surface area contributed by atoms with Gasteiger partial charge in [-0.25, -0.2) is 13.4 Å². The molecule has 0 bridgehead atoms. The summed E-state index contributed by atoms with van der Waals surface area (Å²) in [5.74, 6) is 0.149. The summed E-state index contributed by atoms with van der Waals surface area (Å²) in [6.45, 7) is 0.750. The number of nitrogens with zero attached hydrogens (tertiary/aromatic N) is 1. The molecule has 234 valence electrons. The highest BCUT2D eigenvalue weighted by molar-refractivity contribution is 9.10. The van der Waals surface area contributed by atoms with Gasteiger partial charge in [-0.2, -0.15) is 0 Å². The molecule has 0 aliphatic carbocycles. The fraction of sp³-hybridized carbons (Fsp3) is 0.257. The lowest BCUT2D eigenvalue weighted by molar-refractivity contribution is -0.129. The van der Waals surface area contributed by atoms with Gasteiger partial charge in [-0.05, 0) is 66.1 Å². The molecule has 0 saturated carbocycles. The molecule has 4 aromatic carbocycles. The first-order valence-corrected chi connectivity index (χ1v) is 17.2. The third-order valence-corrected chi connectivity index (χ3v) is 9.86. The minimum atomic E-state index is -3.74. The highest BCUT2D eigenvalue weighted by Gasteiger charge is 2.53. The molecule has 1 aliphatic rings. The van der Waals surface area contributed by atoms with Crippen LogP contribution < -0.4 is 10.1 Å². The Kier molecular flexibility index (Phi) is 10.7. The molecule has 2 N–H and O–H groups in total. The lowest BCUT2D eigenvalue weighted by Crippen LogP contribution is -2.49. The Morgan fingerprint density at radius 1 is 0.933 bits per heavy atom. The number of aliphatic hydroxyl groups is 1. The highest BCUT2D eigenvalue weighted by atomic mass is 79.9. The number of nitrogens with one attached hydrogen (secondary N) is 1. The molecule has 0 spiro atoms. The molecule has 0 aromatic heterocycles. The van der Waals surface area contributed by atoms with E-state index in [1.807, 2.05) is 54.6 Å². The van der Waals surface area contributed by atoms with Crippen LogP contribution in [0.4, 0.5) is 0 Å². The second-order valence-electron chi connectivity index (χ2n) is 10.7. The maximum Gasteiger partial charge on any atom is 0.252 e. The molecule has 4 aromatic rings.